The molecule has 0 bridgehead atoms. The van der Waals surface area contributed by atoms with E-state index in [1.807, 2.05) is 12.1 Å². The molecule has 0 spiro atoms. The van der Waals surface area contributed by atoms with Crippen molar-refractivity contribution in [3.05, 3.63) is 48.8 Å². The Morgan fingerprint density at radius 2 is 1.13 bits per heavy atom. The number of nitrogens with zero attached hydrogens (tertiary/aromatic N) is 2. The second-order valence-corrected chi connectivity index (χ2v) is 3.22. The summed E-state index contributed by atoms with van der Waals surface area (Å²) in [6.07, 6.45) is 3.60. The molecule has 3 heteroatoms. The first-order valence-electron chi connectivity index (χ1n) is 4.53. The third kappa shape index (κ3) is 1.65. The minimum Gasteiger partial charge on any atom is -0.254 e. The molecular weight excluding hydrogens is 358 g/mol. The third-order valence-corrected chi connectivity index (χ3v) is 2.34. The van der Waals surface area contributed by atoms with Crippen molar-refractivity contribution in [1.82, 2.24) is 9.97 Å². The Bertz CT molecular complexity index is 553. The van der Waals surface area contributed by atoms with Gasteiger partial charge in [0.2, 0.25) is 0 Å². The molecule has 0 saturated carbocycles. The number of benzene rings is 1. The van der Waals surface area contributed by atoms with Crippen LogP contribution in [0.15, 0.2) is 48.8 Å². The van der Waals surface area contributed by atoms with E-state index in [-0.39, 0.29) is 20.4 Å². The molecule has 0 aliphatic carbocycles. The van der Waals surface area contributed by atoms with Crippen LogP contribution in [0.1, 0.15) is 0 Å². The molecule has 0 saturated heterocycles. The first-order valence-corrected chi connectivity index (χ1v) is 4.53. The summed E-state index contributed by atoms with van der Waals surface area (Å²) in [5.41, 5.74) is 1.95. The molecule has 2 nitrogen and oxygen atoms in total. The smallest absolute Gasteiger partial charge is 0.0964 e. The second kappa shape index (κ2) is 4.06. The van der Waals surface area contributed by atoms with Crippen molar-refractivity contribution >= 4 is 21.8 Å². The van der Waals surface area contributed by atoms with Crippen molar-refractivity contribution in [3.63, 3.8) is 0 Å². The van der Waals surface area contributed by atoms with E-state index in [9.17, 15) is 0 Å². The molecular formula is C12H8N2Re. The second-order valence-electron chi connectivity index (χ2n) is 3.22. The minimum absolute atomic E-state index is 0. The molecule has 1 radical (unpaired) electrons. The van der Waals surface area contributed by atoms with Crippen LogP contribution in [0.25, 0.3) is 21.8 Å². The number of fused-ring (bicyclic) bond motifs is 3. The summed E-state index contributed by atoms with van der Waals surface area (Å²) in [6, 6.07) is 12.1. The number of rotatable bonds is 0. The Labute approximate surface area is 101 Å². The molecule has 3 aromatic rings. The van der Waals surface area contributed by atoms with Gasteiger partial charge in [0.1, 0.15) is 0 Å². The van der Waals surface area contributed by atoms with Crippen LogP contribution < -0.4 is 0 Å². The van der Waals surface area contributed by atoms with Crippen molar-refractivity contribution in [1.29, 1.82) is 0 Å². The fraction of sp³-hybridized carbons (Fsp3) is 0. The first kappa shape index (κ1) is 10.2. The van der Waals surface area contributed by atoms with E-state index in [1.54, 1.807) is 12.4 Å². The summed E-state index contributed by atoms with van der Waals surface area (Å²) in [6.45, 7) is 0. The topological polar surface area (TPSA) is 25.8 Å². The van der Waals surface area contributed by atoms with Crippen molar-refractivity contribution in [2.24, 2.45) is 0 Å². The molecule has 73 valence electrons. The van der Waals surface area contributed by atoms with Gasteiger partial charge in [-0.15, -0.1) is 0 Å². The molecule has 0 amide bonds. The van der Waals surface area contributed by atoms with Gasteiger partial charge in [0.05, 0.1) is 11.0 Å². The Kier molecular flexibility index (Phi) is 2.77. The molecule has 2 heterocycles. The van der Waals surface area contributed by atoms with Gasteiger partial charge in [-0.2, -0.15) is 0 Å². The van der Waals surface area contributed by atoms with Crippen LogP contribution in [0.5, 0.6) is 0 Å². The van der Waals surface area contributed by atoms with E-state index < -0.39 is 0 Å². The Morgan fingerprint density at radius 3 is 1.60 bits per heavy atom. The molecule has 0 unspecified atom stereocenters. The Hall–Kier alpha value is -1.30. The van der Waals surface area contributed by atoms with Crippen molar-refractivity contribution in [3.8, 4) is 0 Å². The zero-order chi connectivity index (χ0) is 9.38. The molecule has 15 heavy (non-hydrogen) atoms. The summed E-state index contributed by atoms with van der Waals surface area (Å²) in [4.78, 5) is 8.69. The van der Waals surface area contributed by atoms with Crippen molar-refractivity contribution < 1.29 is 20.4 Å². The maximum atomic E-state index is 4.35. The zero-order valence-corrected chi connectivity index (χ0v) is 10.6. The minimum atomic E-state index is 0. The first-order chi connectivity index (χ1) is 6.95. The molecule has 1 aromatic carbocycles. The fourth-order valence-electron chi connectivity index (χ4n) is 1.68. The van der Waals surface area contributed by atoms with E-state index in [1.165, 1.54) is 0 Å². The molecule has 0 aliphatic rings. The largest absolute Gasteiger partial charge is 0.254 e. The number of aromatic nitrogens is 2. The molecule has 0 atom stereocenters. The van der Waals surface area contributed by atoms with Gasteiger partial charge < -0.3 is 0 Å². The summed E-state index contributed by atoms with van der Waals surface area (Å²) in [5, 5.41) is 2.28. The van der Waals surface area contributed by atoms with Gasteiger partial charge in [-0.1, -0.05) is 24.3 Å². The van der Waals surface area contributed by atoms with Crippen molar-refractivity contribution in [2.75, 3.05) is 0 Å². The van der Waals surface area contributed by atoms with Gasteiger partial charge in [0, 0.05) is 43.6 Å². The monoisotopic (exact) mass is 367 g/mol. The standard InChI is InChI=1S/C12H8N2.Re/c1-3-9-5-6-10-4-2-8-14-12(10)11(9)13-7-1;/h1-8H;. The Morgan fingerprint density at radius 1 is 0.667 bits per heavy atom. The third-order valence-electron chi connectivity index (χ3n) is 2.34. The van der Waals surface area contributed by atoms with E-state index in [0.717, 1.165) is 21.8 Å². The number of pyridine rings is 2. The summed E-state index contributed by atoms with van der Waals surface area (Å²) < 4.78 is 0. The molecule has 0 aliphatic heterocycles. The maximum Gasteiger partial charge on any atom is 0.0964 e. The van der Waals surface area contributed by atoms with Crippen LogP contribution in [-0.4, -0.2) is 9.97 Å². The molecule has 3 rings (SSSR count). The van der Waals surface area contributed by atoms with Crippen LogP contribution >= 0.6 is 0 Å². The van der Waals surface area contributed by atoms with Gasteiger partial charge in [-0.25, -0.2) is 0 Å². The number of hydrogen-bond donors (Lipinski definition) is 0. The maximum absolute atomic E-state index is 4.35. The normalized spacial score (nSPS) is 10.1. The van der Waals surface area contributed by atoms with Crippen molar-refractivity contribution in [2.45, 2.75) is 0 Å². The summed E-state index contributed by atoms with van der Waals surface area (Å²) >= 11 is 0. The number of hydrogen-bond acceptors (Lipinski definition) is 2. The van der Waals surface area contributed by atoms with E-state index in [0.29, 0.717) is 0 Å². The molecule has 0 N–H and O–H groups in total. The Balaban J connectivity index is 0.000000853. The fourth-order valence-corrected chi connectivity index (χ4v) is 1.68. The van der Waals surface area contributed by atoms with E-state index in [2.05, 4.69) is 34.2 Å². The zero-order valence-electron chi connectivity index (χ0n) is 7.89. The van der Waals surface area contributed by atoms with Crippen LogP contribution in [0.3, 0.4) is 0 Å². The van der Waals surface area contributed by atoms with Crippen LogP contribution in [-0.2, 0) is 20.4 Å². The molecule has 0 fully saturated rings. The van der Waals surface area contributed by atoms with Crippen LogP contribution in [0, 0.1) is 0 Å². The van der Waals surface area contributed by atoms with E-state index in [4.69, 9.17) is 0 Å². The average molecular weight is 366 g/mol. The predicted molar refractivity (Wildman–Crippen MR) is 57.0 cm³/mol. The van der Waals surface area contributed by atoms with Gasteiger partial charge in [-0.3, -0.25) is 9.97 Å². The quantitative estimate of drug-likeness (QED) is 0.572. The predicted octanol–water partition coefficient (Wildman–Crippen LogP) is 2.78. The average Bonchev–Trinajstić information content (AvgIpc) is 2.29. The van der Waals surface area contributed by atoms with E-state index >= 15 is 0 Å². The SMILES string of the molecule is [Re].c1cnc2c(c1)ccc1cccnc12. The summed E-state index contributed by atoms with van der Waals surface area (Å²) in [5.74, 6) is 0. The van der Waals surface area contributed by atoms with Gasteiger partial charge in [0.15, 0.2) is 0 Å². The van der Waals surface area contributed by atoms with Crippen LogP contribution in [0.4, 0.5) is 0 Å². The van der Waals surface area contributed by atoms with Gasteiger partial charge in [0.25, 0.3) is 0 Å². The van der Waals surface area contributed by atoms with Crippen LogP contribution in [0.2, 0.25) is 0 Å². The summed E-state index contributed by atoms with van der Waals surface area (Å²) in [7, 11) is 0. The van der Waals surface area contributed by atoms with Gasteiger partial charge in [-0.05, 0) is 12.1 Å². The molecule has 2 aromatic heterocycles. The van der Waals surface area contributed by atoms with Gasteiger partial charge >= 0.3 is 0 Å².